The van der Waals surface area contributed by atoms with Gasteiger partial charge in [-0.15, -0.1) is 0 Å². The smallest absolute Gasteiger partial charge is 0.148 e. The highest BCUT2D eigenvalue weighted by Crippen LogP contribution is 2.30. The first-order valence-corrected chi connectivity index (χ1v) is 4.95. The van der Waals surface area contributed by atoms with Crippen molar-refractivity contribution in [2.45, 2.75) is 6.92 Å². The van der Waals surface area contributed by atoms with Crippen molar-refractivity contribution >= 4 is 15.9 Å². The third-order valence-corrected chi connectivity index (χ3v) is 2.86. The minimum Gasteiger partial charge on any atom is -0.360 e. The van der Waals surface area contributed by atoms with E-state index in [0.717, 1.165) is 6.07 Å². The molecule has 0 atom stereocenters. The predicted octanol–water partition coefficient (Wildman–Crippen LogP) is 3.69. The number of nitrogens with zero attached hydrogens (tertiary/aromatic N) is 1. The summed E-state index contributed by atoms with van der Waals surface area (Å²) >= 11 is 3.23. The van der Waals surface area contributed by atoms with Crippen molar-refractivity contribution in [2.75, 3.05) is 0 Å². The van der Waals surface area contributed by atoms with Gasteiger partial charge in [-0.2, -0.15) is 0 Å². The van der Waals surface area contributed by atoms with Crippen molar-refractivity contribution in [3.8, 4) is 11.3 Å². The molecule has 1 aromatic heterocycles. The van der Waals surface area contributed by atoms with Gasteiger partial charge in [-0.3, -0.25) is 0 Å². The fourth-order valence-corrected chi connectivity index (χ4v) is 1.60. The van der Waals surface area contributed by atoms with Crippen LogP contribution in [0.2, 0.25) is 0 Å². The number of benzene rings is 1. The number of aromatic nitrogens is 1. The first kappa shape index (κ1) is 10.3. The van der Waals surface area contributed by atoms with Gasteiger partial charge in [0.2, 0.25) is 0 Å². The van der Waals surface area contributed by atoms with Crippen LogP contribution in [0.1, 0.15) is 5.76 Å². The quantitative estimate of drug-likeness (QED) is 0.792. The van der Waals surface area contributed by atoms with Crippen LogP contribution in [0.4, 0.5) is 8.78 Å². The molecule has 2 nitrogen and oxygen atoms in total. The second-order valence-electron chi connectivity index (χ2n) is 3.06. The maximum absolute atomic E-state index is 12.9. The summed E-state index contributed by atoms with van der Waals surface area (Å²) in [7, 11) is 0. The molecular weight excluding hydrogens is 268 g/mol. The van der Waals surface area contributed by atoms with Crippen molar-refractivity contribution in [3.05, 3.63) is 40.1 Å². The van der Waals surface area contributed by atoms with Crippen LogP contribution in [-0.4, -0.2) is 5.16 Å². The minimum absolute atomic E-state index is 0.344. The van der Waals surface area contributed by atoms with E-state index in [1.165, 1.54) is 12.1 Å². The molecule has 0 saturated carbocycles. The van der Waals surface area contributed by atoms with Gasteiger partial charge >= 0.3 is 0 Å². The first-order chi connectivity index (χ1) is 7.08. The molecule has 0 unspecified atom stereocenters. The van der Waals surface area contributed by atoms with Crippen LogP contribution in [0.25, 0.3) is 11.3 Å². The molecule has 15 heavy (non-hydrogen) atoms. The Morgan fingerprint density at radius 3 is 2.27 bits per heavy atom. The van der Waals surface area contributed by atoms with Gasteiger partial charge in [-0.1, -0.05) is 5.16 Å². The summed E-state index contributed by atoms with van der Waals surface area (Å²) in [5, 5.41) is 3.71. The van der Waals surface area contributed by atoms with Crippen molar-refractivity contribution in [2.24, 2.45) is 0 Å². The maximum Gasteiger partial charge on any atom is 0.148 e. The van der Waals surface area contributed by atoms with E-state index in [0.29, 0.717) is 21.5 Å². The molecule has 1 heterocycles. The van der Waals surface area contributed by atoms with Gasteiger partial charge in [-0.25, -0.2) is 8.78 Å². The normalized spacial score (nSPS) is 10.7. The van der Waals surface area contributed by atoms with Gasteiger partial charge in [-0.05, 0) is 35.0 Å². The molecule has 0 aliphatic carbocycles. The monoisotopic (exact) mass is 273 g/mol. The number of hydrogen-bond acceptors (Lipinski definition) is 2. The highest BCUT2D eigenvalue weighted by atomic mass is 79.9. The zero-order chi connectivity index (χ0) is 11.0. The van der Waals surface area contributed by atoms with Crippen molar-refractivity contribution in [3.63, 3.8) is 0 Å². The summed E-state index contributed by atoms with van der Waals surface area (Å²) in [5.41, 5.74) is 0.738. The van der Waals surface area contributed by atoms with E-state index in [1.807, 2.05) is 0 Å². The zero-order valence-electron chi connectivity index (χ0n) is 7.72. The summed E-state index contributed by atoms with van der Waals surface area (Å²) in [6, 6.07) is 3.21. The Balaban J connectivity index is 2.58. The summed E-state index contributed by atoms with van der Waals surface area (Å²) in [5.74, 6) is -0.718. The van der Waals surface area contributed by atoms with E-state index in [-0.39, 0.29) is 0 Å². The third kappa shape index (κ3) is 1.92. The van der Waals surface area contributed by atoms with Crippen LogP contribution < -0.4 is 0 Å². The largest absolute Gasteiger partial charge is 0.360 e. The van der Waals surface area contributed by atoms with Gasteiger partial charge in [0.15, 0.2) is 0 Å². The second kappa shape index (κ2) is 3.73. The molecule has 0 radical (unpaired) electrons. The second-order valence-corrected chi connectivity index (χ2v) is 3.85. The summed E-state index contributed by atoms with van der Waals surface area (Å²) < 4.78 is 31.4. The van der Waals surface area contributed by atoms with Gasteiger partial charge < -0.3 is 4.52 Å². The Labute approximate surface area is 93.0 Å². The van der Waals surface area contributed by atoms with E-state index in [1.54, 1.807) is 6.92 Å². The molecule has 0 saturated heterocycles. The zero-order valence-corrected chi connectivity index (χ0v) is 9.31. The number of rotatable bonds is 1. The Kier molecular flexibility index (Phi) is 2.56. The fourth-order valence-electron chi connectivity index (χ4n) is 1.23. The minimum atomic E-state index is -0.641. The molecule has 2 rings (SSSR count). The molecule has 0 spiro atoms. The van der Waals surface area contributed by atoms with Crippen molar-refractivity contribution < 1.29 is 13.3 Å². The lowest BCUT2D eigenvalue weighted by atomic mass is 10.1. The number of aryl methyl sites for hydroxylation is 1. The average Bonchev–Trinajstić information content (AvgIpc) is 2.46. The molecule has 0 aliphatic heterocycles. The number of halogens is 3. The lowest BCUT2D eigenvalue weighted by Crippen LogP contribution is -1.84. The number of hydrogen-bond donors (Lipinski definition) is 0. The highest BCUT2D eigenvalue weighted by molar-refractivity contribution is 9.10. The van der Waals surface area contributed by atoms with Gasteiger partial charge in [0.05, 0.1) is 4.47 Å². The van der Waals surface area contributed by atoms with E-state index in [2.05, 4.69) is 21.1 Å². The molecule has 0 aliphatic rings. The molecule has 1 aromatic carbocycles. The Hall–Kier alpha value is -1.23. The summed E-state index contributed by atoms with van der Waals surface area (Å²) in [6.07, 6.45) is 0. The van der Waals surface area contributed by atoms with Crippen molar-refractivity contribution in [1.29, 1.82) is 0 Å². The molecule has 0 N–H and O–H groups in total. The van der Waals surface area contributed by atoms with Gasteiger partial charge in [0.1, 0.15) is 23.1 Å². The van der Waals surface area contributed by atoms with Crippen LogP contribution >= 0.6 is 15.9 Å². The molecule has 5 heteroatoms. The lowest BCUT2D eigenvalue weighted by Gasteiger charge is -1.97. The van der Waals surface area contributed by atoms with Crippen molar-refractivity contribution in [1.82, 2.24) is 5.16 Å². The van der Waals surface area contributed by atoms with E-state index >= 15 is 0 Å². The Morgan fingerprint density at radius 2 is 1.80 bits per heavy atom. The Morgan fingerprint density at radius 1 is 1.20 bits per heavy atom. The van der Waals surface area contributed by atoms with Gasteiger partial charge in [0, 0.05) is 11.6 Å². The van der Waals surface area contributed by atoms with Crippen LogP contribution in [0, 0.1) is 18.6 Å². The third-order valence-electron chi connectivity index (χ3n) is 1.93. The highest BCUT2D eigenvalue weighted by Gasteiger charge is 2.13. The van der Waals surface area contributed by atoms with Crippen LogP contribution in [0.3, 0.4) is 0 Å². The summed E-state index contributed by atoms with van der Waals surface area (Å²) in [4.78, 5) is 0. The molecule has 2 aromatic rings. The van der Waals surface area contributed by atoms with Crippen LogP contribution in [0.5, 0.6) is 0 Å². The molecule has 0 fully saturated rings. The standard InChI is InChI=1S/C10H6BrF2NO/c1-5-9(11)10(14-15-5)6-2-7(12)4-8(13)3-6/h2-4H,1H3. The lowest BCUT2D eigenvalue weighted by molar-refractivity contribution is 0.399. The maximum atomic E-state index is 12.9. The van der Waals surface area contributed by atoms with E-state index in [9.17, 15) is 8.78 Å². The first-order valence-electron chi connectivity index (χ1n) is 4.16. The molecule has 78 valence electrons. The topological polar surface area (TPSA) is 26.0 Å². The molecule has 0 amide bonds. The van der Waals surface area contributed by atoms with Crippen LogP contribution in [0.15, 0.2) is 27.2 Å². The fraction of sp³-hybridized carbons (Fsp3) is 0.100. The Bertz CT molecular complexity index is 490. The molecular formula is C10H6BrF2NO. The predicted molar refractivity (Wildman–Crippen MR) is 54.3 cm³/mol. The summed E-state index contributed by atoms with van der Waals surface area (Å²) in [6.45, 7) is 1.70. The van der Waals surface area contributed by atoms with Crippen LogP contribution in [-0.2, 0) is 0 Å². The van der Waals surface area contributed by atoms with E-state index in [4.69, 9.17) is 4.52 Å². The molecule has 0 bridgehead atoms. The average molecular weight is 274 g/mol. The van der Waals surface area contributed by atoms with E-state index < -0.39 is 11.6 Å². The van der Waals surface area contributed by atoms with Gasteiger partial charge in [0.25, 0.3) is 0 Å². The SMILES string of the molecule is Cc1onc(-c2cc(F)cc(F)c2)c1Br.